The van der Waals surface area contributed by atoms with Crippen molar-refractivity contribution >= 4 is 39.5 Å². The zero-order valence-electron chi connectivity index (χ0n) is 5.20. The Morgan fingerprint density at radius 2 is 2.00 bits per heavy atom. The van der Waals surface area contributed by atoms with Crippen molar-refractivity contribution in [3.63, 3.8) is 0 Å². The van der Waals surface area contributed by atoms with E-state index in [0.29, 0.717) is 11.8 Å². The van der Waals surface area contributed by atoms with Gasteiger partial charge in [0.2, 0.25) is 0 Å². The van der Waals surface area contributed by atoms with Crippen LogP contribution in [0.4, 0.5) is 0 Å². The molecule has 1 unspecified atom stereocenters. The molecule has 2 N–H and O–H groups in total. The van der Waals surface area contributed by atoms with Gasteiger partial charge in [0.15, 0.2) is 0 Å². The quantitative estimate of drug-likeness (QED) is 0.613. The lowest BCUT2D eigenvalue weighted by Gasteiger charge is -2.05. The van der Waals surface area contributed by atoms with Gasteiger partial charge in [-0.15, -0.1) is 0 Å². The molecule has 0 aliphatic carbocycles. The summed E-state index contributed by atoms with van der Waals surface area (Å²) in [6, 6.07) is 0. The summed E-state index contributed by atoms with van der Waals surface area (Å²) in [4.78, 5) is 17.0. The molecule has 0 spiro atoms. The molecule has 0 saturated heterocycles. The van der Waals surface area contributed by atoms with Crippen molar-refractivity contribution in [3.8, 4) is 0 Å². The molecule has 0 aromatic rings. The van der Waals surface area contributed by atoms with Gasteiger partial charge in [0.1, 0.15) is 0 Å². The van der Waals surface area contributed by atoms with Crippen LogP contribution in [0.15, 0.2) is 0 Å². The van der Waals surface area contributed by atoms with E-state index in [2.05, 4.69) is 31.9 Å². The summed E-state index contributed by atoms with van der Waals surface area (Å²) in [7, 11) is -3.78. The van der Waals surface area contributed by atoms with Gasteiger partial charge in [-0.25, -0.2) is 0 Å². The highest BCUT2D eigenvalue weighted by Crippen LogP contribution is 2.36. The molecule has 0 aliphatic heterocycles. The molecule has 0 fully saturated rings. The summed E-state index contributed by atoms with van der Waals surface area (Å²) in [5.74, 6) is 0. The smallest absolute Gasteiger partial charge is 0.324 e. The average molecular weight is 296 g/mol. The molecular formula is C4H9Br2O3P. The largest absolute Gasteiger partial charge is 0.325 e. The molecule has 0 aromatic carbocycles. The Balaban J connectivity index is 3.46. The molecule has 6 heteroatoms. The summed E-state index contributed by atoms with van der Waals surface area (Å²) in [5, 5.41) is 0.715. The van der Waals surface area contributed by atoms with Crippen LogP contribution >= 0.6 is 39.5 Å². The zero-order chi connectivity index (χ0) is 8.20. The van der Waals surface area contributed by atoms with Gasteiger partial charge in [0.05, 0.1) is 6.16 Å². The maximum absolute atomic E-state index is 10.3. The molecule has 0 bridgehead atoms. The molecule has 0 amide bonds. The minimum atomic E-state index is -3.78. The topological polar surface area (TPSA) is 57.5 Å². The summed E-state index contributed by atoms with van der Waals surface area (Å²) in [5.41, 5.74) is 0. The van der Waals surface area contributed by atoms with Gasteiger partial charge in [0, 0.05) is 10.2 Å². The third-order valence-corrected chi connectivity index (χ3v) is 4.17. The lowest BCUT2D eigenvalue weighted by Crippen LogP contribution is -2.02. The van der Waals surface area contributed by atoms with Crippen molar-refractivity contribution < 1.29 is 14.4 Å². The molecular weight excluding hydrogens is 287 g/mol. The van der Waals surface area contributed by atoms with E-state index in [9.17, 15) is 4.57 Å². The predicted molar refractivity (Wildman–Crippen MR) is 48.0 cm³/mol. The van der Waals surface area contributed by atoms with Crippen LogP contribution in [0, 0.1) is 0 Å². The highest BCUT2D eigenvalue weighted by molar-refractivity contribution is 9.12. The number of halogens is 2. The molecule has 0 radical (unpaired) electrons. The highest BCUT2D eigenvalue weighted by atomic mass is 79.9. The third-order valence-electron chi connectivity index (χ3n) is 0.901. The van der Waals surface area contributed by atoms with E-state index in [0.717, 1.165) is 0 Å². The van der Waals surface area contributed by atoms with E-state index >= 15 is 0 Å². The van der Waals surface area contributed by atoms with Crippen molar-refractivity contribution in [1.29, 1.82) is 0 Å². The average Bonchev–Trinajstić information content (AvgIpc) is 1.81. The second-order valence-corrected chi connectivity index (χ2v) is 5.65. The lowest BCUT2D eigenvalue weighted by atomic mass is 10.4. The van der Waals surface area contributed by atoms with Crippen LogP contribution in [-0.2, 0) is 4.57 Å². The SMILES string of the molecule is O=P(O)(O)CCC(Br)CBr. The first-order valence-corrected chi connectivity index (χ1v) is 6.54. The second kappa shape index (κ2) is 4.88. The first-order valence-electron chi connectivity index (χ1n) is 2.70. The monoisotopic (exact) mass is 294 g/mol. The van der Waals surface area contributed by atoms with E-state index in [-0.39, 0.29) is 11.0 Å². The summed E-state index contributed by atoms with van der Waals surface area (Å²) >= 11 is 6.42. The molecule has 0 saturated carbocycles. The third kappa shape index (κ3) is 7.22. The molecule has 0 rings (SSSR count). The summed E-state index contributed by atoms with van der Waals surface area (Å²) < 4.78 is 10.3. The molecule has 0 heterocycles. The predicted octanol–water partition coefficient (Wildman–Crippen LogP) is 1.71. The number of hydrogen-bond donors (Lipinski definition) is 2. The van der Waals surface area contributed by atoms with Crippen LogP contribution in [0.5, 0.6) is 0 Å². The maximum Gasteiger partial charge on any atom is 0.325 e. The summed E-state index contributed by atoms with van der Waals surface area (Å²) in [6.07, 6.45) is 0.448. The van der Waals surface area contributed by atoms with E-state index in [1.165, 1.54) is 0 Å². The summed E-state index contributed by atoms with van der Waals surface area (Å²) in [6.45, 7) is 0. The highest BCUT2D eigenvalue weighted by Gasteiger charge is 2.14. The van der Waals surface area contributed by atoms with Crippen molar-refractivity contribution in [3.05, 3.63) is 0 Å². The Bertz CT molecular complexity index is 134. The van der Waals surface area contributed by atoms with Crippen molar-refractivity contribution in [2.24, 2.45) is 0 Å². The van der Waals surface area contributed by atoms with Gasteiger partial charge in [0.25, 0.3) is 0 Å². The lowest BCUT2D eigenvalue weighted by molar-refractivity contribution is 0.372. The fourth-order valence-electron chi connectivity index (χ4n) is 0.385. The Morgan fingerprint density at radius 3 is 2.30 bits per heavy atom. The maximum atomic E-state index is 10.3. The Kier molecular flexibility index (Phi) is 5.42. The normalized spacial score (nSPS) is 15.2. The Morgan fingerprint density at radius 1 is 1.50 bits per heavy atom. The Labute approximate surface area is 76.6 Å². The van der Waals surface area contributed by atoms with E-state index in [4.69, 9.17) is 9.79 Å². The van der Waals surface area contributed by atoms with Crippen LogP contribution < -0.4 is 0 Å². The minimum absolute atomic E-state index is 0.0471. The van der Waals surface area contributed by atoms with Gasteiger partial charge in [-0.3, -0.25) is 4.57 Å². The van der Waals surface area contributed by atoms with Gasteiger partial charge < -0.3 is 9.79 Å². The molecule has 10 heavy (non-hydrogen) atoms. The van der Waals surface area contributed by atoms with Gasteiger partial charge >= 0.3 is 7.60 Å². The van der Waals surface area contributed by atoms with Gasteiger partial charge in [-0.1, -0.05) is 31.9 Å². The van der Waals surface area contributed by atoms with E-state index in [1.54, 1.807) is 0 Å². The van der Waals surface area contributed by atoms with Crippen LogP contribution in [-0.4, -0.2) is 26.1 Å². The van der Waals surface area contributed by atoms with Crippen LogP contribution in [0.1, 0.15) is 6.42 Å². The second-order valence-electron chi connectivity index (χ2n) is 1.93. The van der Waals surface area contributed by atoms with Crippen LogP contribution in [0.3, 0.4) is 0 Å². The number of rotatable bonds is 4. The standard InChI is InChI=1S/C4H9Br2O3P/c5-3-4(6)1-2-10(7,8)9/h4H,1-3H2,(H2,7,8,9). The van der Waals surface area contributed by atoms with Gasteiger partial charge in [-0.05, 0) is 6.42 Å². The van der Waals surface area contributed by atoms with Crippen molar-refractivity contribution in [1.82, 2.24) is 0 Å². The van der Waals surface area contributed by atoms with Crippen LogP contribution in [0.25, 0.3) is 0 Å². The molecule has 1 atom stereocenters. The minimum Gasteiger partial charge on any atom is -0.324 e. The van der Waals surface area contributed by atoms with E-state index < -0.39 is 7.60 Å². The molecule has 62 valence electrons. The fraction of sp³-hybridized carbons (Fsp3) is 1.00. The zero-order valence-corrected chi connectivity index (χ0v) is 9.27. The van der Waals surface area contributed by atoms with Crippen molar-refractivity contribution in [2.75, 3.05) is 11.5 Å². The Hall–Kier alpha value is 1.11. The number of hydrogen-bond acceptors (Lipinski definition) is 1. The molecule has 0 aliphatic rings. The number of alkyl halides is 2. The molecule has 0 aromatic heterocycles. The van der Waals surface area contributed by atoms with Gasteiger partial charge in [-0.2, -0.15) is 0 Å². The van der Waals surface area contributed by atoms with E-state index in [1.807, 2.05) is 0 Å². The van der Waals surface area contributed by atoms with Crippen LogP contribution in [0.2, 0.25) is 0 Å². The first-order chi connectivity index (χ1) is 4.45. The fourth-order valence-corrected chi connectivity index (χ4v) is 1.94. The van der Waals surface area contributed by atoms with Crippen molar-refractivity contribution in [2.45, 2.75) is 11.2 Å². The molecule has 3 nitrogen and oxygen atoms in total. The first kappa shape index (κ1) is 11.1.